The van der Waals surface area contributed by atoms with Gasteiger partial charge in [0.15, 0.2) is 0 Å². The van der Waals surface area contributed by atoms with Gasteiger partial charge in [-0.15, -0.1) is 0 Å². The number of rotatable bonds is 8. The van der Waals surface area contributed by atoms with Gasteiger partial charge in [0.2, 0.25) is 10.0 Å². The van der Waals surface area contributed by atoms with E-state index in [-0.39, 0.29) is 17.6 Å². The minimum absolute atomic E-state index is 0.0897. The van der Waals surface area contributed by atoms with Crippen molar-refractivity contribution < 1.29 is 22.3 Å². The molecule has 1 heterocycles. The van der Waals surface area contributed by atoms with Crippen LogP contribution in [-0.2, 0) is 29.4 Å². The molecule has 2 aromatic carbocycles. The fourth-order valence-electron chi connectivity index (χ4n) is 6.16. The van der Waals surface area contributed by atoms with Gasteiger partial charge in [-0.3, -0.25) is 0 Å². The van der Waals surface area contributed by atoms with Crippen molar-refractivity contribution in [3.8, 4) is 5.69 Å². The standard InChI is InChI=1S/C29H31F2N3O3S/c1-28-16-20-17-32-34(23-7-5-22(30)6-8-23)27(20)15-21(28)12-14-29(28,35)13-11-19-3-2-4-26(31)25(19)18-33-38(36,37)24-9-10-24/h2-8,15,17,24,33,35H,9-14,16,18H2,1H3/t28-,29-/m0/s1. The number of hydrogen-bond acceptors (Lipinski definition) is 4. The van der Waals surface area contributed by atoms with Crippen LogP contribution < -0.4 is 4.72 Å². The Bertz CT molecular complexity index is 1530. The number of nitrogens with zero attached hydrogens (tertiary/aromatic N) is 2. The molecular weight excluding hydrogens is 508 g/mol. The van der Waals surface area contributed by atoms with E-state index in [0.717, 1.165) is 28.9 Å². The topological polar surface area (TPSA) is 84.2 Å². The third-order valence-corrected chi connectivity index (χ3v) is 10.7. The van der Waals surface area contributed by atoms with Gasteiger partial charge in [-0.25, -0.2) is 26.6 Å². The lowest BCUT2D eigenvalue weighted by molar-refractivity contribution is -0.0462. The third kappa shape index (κ3) is 4.30. The second-order valence-electron chi connectivity index (χ2n) is 11.1. The molecule has 2 saturated carbocycles. The van der Waals surface area contributed by atoms with E-state index in [1.54, 1.807) is 22.9 Å². The molecule has 0 aliphatic heterocycles. The van der Waals surface area contributed by atoms with Crippen LogP contribution in [0.4, 0.5) is 8.78 Å². The largest absolute Gasteiger partial charge is 0.389 e. The molecule has 1 aromatic heterocycles. The Morgan fingerprint density at radius 3 is 2.66 bits per heavy atom. The molecule has 0 saturated heterocycles. The lowest BCUT2D eigenvalue weighted by Gasteiger charge is -2.42. The van der Waals surface area contributed by atoms with Gasteiger partial charge in [0, 0.05) is 17.5 Å². The Morgan fingerprint density at radius 2 is 1.92 bits per heavy atom. The van der Waals surface area contributed by atoms with Crippen LogP contribution in [0, 0.1) is 17.0 Å². The predicted octanol–water partition coefficient (Wildman–Crippen LogP) is 4.84. The third-order valence-electron chi connectivity index (χ3n) is 8.79. The molecule has 2 fully saturated rings. The number of fused-ring (bicyclic) bond motifs is 2. The fourth-order valence-corrected chi connectivity index (χ4v) is 7.50. The van der Waals surface area contributed by atoms with Crippen molar-refractivity contribution in [1.29, 1.82) is 0 Å². The van der Waals surface area contributed by atoms with Gasteiger partial charge in [-0.2, -0.15) is 5.10 Å². The lowest BCUT2D eigenvalue weighted by atomic mass is 9.65. The highest BCUT2D eigenvalue weighted by atomic mass is 32.2. The highest BCUT2D eigenvalue weighted by Gasteiger charge is 2.54. The molecule has 3 aromatic rings. The number of sulfonamides is 1. The van der Waals surface area contributed by atoms with E-state index in [0.29, 0.717) is 49.7 Å². The zero-order valence-corrected chi connectivity index (χ0v) is 22.1. The van der Waals surface area contributed by atoms with Gasteiger partial charge in [-0.1, -0.05) is 24.6 Å². The summed E-state index contributed by atoms with van der Waals surface area (Å²) in [6.45, 7) is 1.99. The van der Waals surface area contributed by atoms with Crippen molar-refractivity contribution in [3.05, 3.63) is 88.3 Å². The van der Waals surface area contributed by atoms with Crippen LogP contribution in [-0.4, -0.2) is 34.2 Å². The van der Waals surface area contributed by atoms with Gasteiger partial charge in [0.05, 0.1) is 28.4 Å². The number of aryl methyl sites for hydroxylation is 1. The van der Waals surface area contributed by atoms with Crippen LogP contribution in [0.15, 0.2) is 54.2 Å². The van der Waals surface area contributed by atoms with Crippen molar-refractivity contribution in [1.82, 2.24) is 14.5 Å². The molecule has 0 bridgehead atoms. The first kappa shape index (κ1) is 25.4. The highest BCUT2D eigenvalue weighted by Crippen LogP contribution is 2.57. The summed E-state index contributed by atoms with van der Waals surface area (Å²) in [5.41, 5.74) is 3.42. The number of halogens is 2. The molecule has 2 atom stereocenters. The SMILES string of the molecule is C[C@]12Cc3cnn(-c4ccc(F)cc4)c3C=C1CC[C@@]2(O)CCc1cccc(F)c1CNS(=O)(=O)C1CC1. The van der Waals surface area contributed by atoms with Crippen LogP contribution in [0.25, 0.3) is 11.8 Å². The molecule has 9 heteroatoms. The summed E-state index contributed by atoms with van der Waals surface area (Å²) in [5.74, 6) is -0.745. The first-order valence-electron chi connectivity index (χ1n) is 13.1. The molecule has 0 amide bonds. The van der Waals surface area contributed by atoms with Crippen molar-refractivity contribution in [2.75, 3.05) is 0 Å². The summed E-state index contributed by atoms with van der Waals surface area (Å²) >= 11 is 0. The molecular formula is C29H31F2N3O3S. The van der Waals surface area contributed by atoms with Crippen LogP contribution in [0.1, 0.15) is 61.4 Å². The van der Waals surface area contributed by atoms with Crippen LogP contribution >= 0.6 is 0 Å². The summed E-state index contributed by atoms with van der Waals surface area (Å²) < 4.78 is 57.2. The first-order chi connectivity index (χ1) is 18.1. The molecule has 0 radical (unpaired) electrons. The Kier molecular flexibility index (Phi) is 6.09. The zero-order valence-electron chi connectivity index (χ0n) is 21.3. The molecule has 6 nitrogen and oxygen atoms in total. The summed E-state index contributed by atoms with van der Waals surface area (Å²) in [6.07, 6.45) is 7.99. The molecule has 6 rings (SSSR count). The predicted molar refractivity (Wildman–Crippen MR) is 141 cm³/mol. The molecule has 2 N–H and O–H groups in total. The van der Waals surface area contributed by atoms with E-state index in [2.05, 4.69) is 22.8 Å². The molecule has 0 unspecified atom stereocenters. The van der Waals surface area contributed by atoms with Crippen molar-refractivity contribution in [2.24, 2.45) is 5.41 Å². The maximum Gasteiger partial charge on any atom is 0.214 e. The average Bonchev–Trinajstić information content (AvgIpc) is 3.63. The lowest BCUT2D eigenvalue weighted by Crippen LogP contribution is -2.45. The smallest absolute Gasteiger partial charge is 0.214 e. The summed E-state index contributed by atoms with van der Waals surface area (Å²) in [7, 11) is -3.44. The number of hydrogen-bond donors (Lipinski definition) is 2. The quantitative estimate of drug-likeness (QED) is 0.429. The number of nitrogens with one attached hydrogen (secondary N) is 1. The summed E-state index contributed by atoms with van der Waals surface area (Å²) in [5, 5.41) is 16.1. The van der Waals surface area contributed by atoms with Crippen molar-refractivity contribution in [2.45, 2.75) is 69.3 Å². The molecule has 38 heavy (non-hydrogen) atoms. The summed E-state index contributed by atoms with van der Waals surface area (Å²) in [4.78, 5) is 0. The van der Waals surface area contributed by atoms with Crippen LogP contribution in [0.3, 0.4) is 0 Å². The van der Waals surface area contributed by atoms with E-state index in [1.165, 1.54) is 18.2 Å². The van der Waals surface area contributed by atoms with Crippen LogP contribution in [0.5, 0.6) is 0 Å². The number of aromatic nitrogens is 2. The Labute approximate surface area is 221 Å². The van der Waals surface area contributed by atoms with E-state index < -0.39 is 26.9 Å². The number of aliphatic hydroxyl groups is 1. The summed E-state index contributed by atoms with van der Waals surface area (Å²) in [6, 6.07) is 11.0. The van der Waals surface area contributed by atoms with E-state index in [1.807, 2.05) is 12.3 Å². The Hall–Kier alpha value is -2.88. The molecule has 3 aliphatic rings. The normalized spacial score (nSPS) is 24.7. The minimum atomic E-state index is -3.44. The molecule has 0 spiro atoms. The van der Waals surface area contributed by atoms with Gasteiger partial charge < -0.3 is 5.11 Å². The van der Waals surface area contributed by atoms with Crippen molar-refractivity contribution >= 4 is 16.1 Å². The van der Waals surface area contributed by atoms with Gasteiger partial charge in [0.1, 0.15) is 11.6 Å². The Morgan fingerprint density at radius 1 is 1.16 bits per heavy atom. The highest BCUT2D eigenvalue weighted by molar-refractivity contribution is 7.90. The van der Waals surface area contributed by atoms with Crippen LogP contribution in [0.2, 0.25) is 0 Å². The average molecular weight is 540 g/mol. The van der Waals surface area contributed by atoms with Gasteiger partial charge in [0.25, 0.3) is 0 Å². The second kappa shape index (κ2) is 9.10. The monoisotopic (exact) mass is 539 g/mol. The maximum absolute atomic E-state index is 14.8. The van der Waals surface area contributed by atoms with E-state index >= 15 is 0 Å². The molecule has 200 valence electrons. The van der Waals surface area contributed by atoms with Gasteiger partial charge >= 0.3 is 0 Å². The zero-order chi connectivity index (χ0) is 26.7. The molecule has 3 aliphatic carbocycles. The number of benzene rings is 2. The van der Waals surface area contributed by atoms with E-state index in [4.69, 9.17) is 0 Å². The first-order valence-corrected chi connectivity index (χ1v) is 14.7. The van der Waals surface area contributed by atoms with E-state index in [9.17, 15) is 22.3 Å². The minimum Gasteiger partial charge on any atom is -0.389 e. The fraction of sp³-hybridized carbons (Fsp3) is 0.414. The van der Waals surface area contributed by atoms with Gasteiger partial charge in [-0.05, 0) is 92.5 Å². The second-order valence-corrected chi connectivity index (χ2v) is 13.1. The maximum atomic E-state index is 14.8. The van der Waals surface area contributed by atoms with Crippen molar-refractivity contribution in [3.63, 3.8) is 0 Å². The Balaban J connectivity index is 1.23.